The first-order chi connectivity index (χ1) is 9.90. The second-order valence-corrected chi connectivity index (χ2v) is 5.28. The highest BCUT2D eigenvalue weighted by atomic mass is 35.5. The van der Waals surface area contributed by atoms with Crippen molar-refractivity contribution in [3.63, 3.8) is 0 Å². The third-order valence-electron chi connectivity index (χ3n) is 3.06. The number of carbonyl (C=O) groups is 1. The second kappa shape index (κ2) is 6.01. The molecule has 1 aromatic carbocycles. The van der Waals surface area contributed by atoms with Crippen LogP contribution in [0.15, 0.2) is 41.3 Å². The molecule has 1 amide bonds. The molecular weight excluding hydrogens is 290 g/mol. The highest BCUT2D eigenvalue weighted by Gasteiger charge is 2.14. The summed E-state index contributed by atoms with van der Waals surface area (Å²) in [6, 6.07) is 8.36. The smallest absolute Gasteiger partial charge is 0.263 e. The molecule has 0 aliphatic carbocycles. The average molecular weight is 306 g/mol. The van der Waals surface area contributed by atoms with Gasteiger partial charge in [-0.15, -0.1) is 0 Å². The van der Waals surface area contributed by atoms with Gasteiger partial charge in [0, 0.05) is 32.4 Å². The van der Waals surface area contributed by atoms with Gasteiger partial charge in [0.15, 0.2) is 0 Å². The summed E-state index contributed by atoms with van der Waals surface area (Å²) in [5, 5.41) is 3.25. The van der Waals surface area contributed by atoms with E-state index in [1.165, 1.54) is 10.6 Å². The topological polar surface area (TPSA) is 54.3 Å². The Hall–Kier alpha value is -2.27. The Morgan fingerprint density at radius 2 is 2.00 bits per heavy atom. The van der Waals surface area contributed by atoms with Gasteiger partial charge in [-0.25, -0.2) is 0 Å². The van der Waals surface area contributed by atoms with Crippen LogP contribution in [0, 0.1) is 0 Å². The van der Waals surface area contributed by atoms with Crippen LogP contribution in [0.5, 0.6) is 0 Å². The molecule has 21 heavy (non-hydrogen) atoms. The molecule has 6 heteroatoms. The Labute approximate surface area is 127 Å². The molecular formula is C15H16ClN3O2. The lowest BCUT2D eigenvalue weighted by Gasteiger charge is -2.18. The summed E-state index contributed by atoms with van der Waals surface area (Å²) in [5.74, 6) is -0.457. The van der Waals surface area contributed by atoms with E-state index in [1.54, 1.807) is 37.5 Å². The van der Waals surface area contributed by atoms with Crippen molar-refractivity contribution >= 4 is 28.9 Å². The van der Waals surface area contributed by atoms with E-state index in [1.807, 2.05) is 19.0 Å². The summed E-state index contributed by atoms with van der Waals surface area (Å²) in [4.78, 5) is 26.1. The average Bonchev–Trinajstić information content (AvgIpc) is 2.41. The zero-order chi connectivity index (χ0) is 15.6. The van der Waals surface area contributed by atoms with Crippen LogP contribution in [0.3, 0.4) is 0 Å². The number of hydrogen-bond acceptors (Lipinski definition) is 3. The van der Waals surface area contributed by atoms with Crippen molar-refractivity contribution in [1.82, 2.24) is 4.57 Å². The lowest BCUT2D eigenvalue weighted by Crippen LogP contribution is -2.27. The summed E-state index contributed by atoms with van der Waals surface area (Å²) in [7, 11) is 5.32. The van der Waals surface area contributed by atoms with Gasteiger partial charge in [0.25, 0.3) is 11.5 Å². The van der Waals surface area contributed by atoms with Crippen LogP contribution in [0.1, 0.15) is 10.4 Å². The third-order valence-corrected chi connectivity index (χ3v) is 3.29. The molecule has 0 bridgehead atoms. The Morgan fingerprint density at radius 1 is 1.29 bits per heavy atom. The van der Waals surface area contributed by atoms with Gasteiger partial charge in [0.1, 0.15) is 5.56 Å². The van der Waals surface area contributed by atoms with Crippen molar-refractivity contribution in [2.24, 2.45) is 7.05 Å². The minimum Gasteiger partial charge on any atom is -0.376 e. The van der Waals surface area contributed by atoms with Crippen LogP contribution in [-0.4, -0.2) is 24.6 Å². The molecule has 0 aliphatic heterocycles. The first-order valence-electron chi connectivity index (χ1n) is 6.34. The zero-order valence-corrected chi connectivity index (χ0v) is 12.8. The maximum atomic E-state index is 12.3. The maximum absolute atomic E-state index is 12.3. The zero-order valence-electron chi connectivity index (χ0n) is 12.1. The lowest BCUT2D eigenvalue weighted by atomic mass is 10.2. The van der Waals surface area contributed by atoms with Crippen LogP contribution < -0.4 is 15.8 Å². The molecule has 2 aromatic rings. The number of benzene rings is 1. The van der Waals surface area contributed by atoms with Crippen LogP contribution in [0.4, 0.5) is 11.4 Å². The fourth-order valence-corrected chi connectivity index (χ4v) is 2.13. The van der Waals surface area contributed by atoms with Gasteiger partial charge in [-0.3, -0.25) is 9.59 Å². The number of nitrogens with one attached hydrogen (secondary N) is 1. The Bertz CT molecular complexity index is 738. The van der Waals surface area contributed by atoms with E-state index in [0.29, 0.717) is 10.7 Å². The van der Waals surface area contributed by atoms with Crippen molar-refractivity contribution in [2.45, 2.75) is 0 Å². The van der Waals surface area contributed by atoms with Crippen molar-refractivity contribution in [3.8, 4) is 0 Å². The SMILES string of the molecule is CN(C)c1ccc(Cl)cc1NC(=O)c1cccn(C)c1=O. The van der Waals surface area contributed by atoms with Gasteiger partial charge in [0.2, 0.25) is 0 Å². The Morgan fingerprint density at radius 3 is 2.67 bits per heavy atom. The summed E-state index contributed by atoms with van der Waals surface area (Å²) >= 11 is 5.97. The number of anilines is 2. The third kappa shape index (κ3) is 3.25. The fourth-order valence-electron chi connectivity index (χ4n) is 1.96. The highest BCUT2D eigenvalue weighted by molar-refractivity contribution is 6.31. The summed E-state index contributed by atoms with van der Waals surface area (Å²) in [6.07, 6.45) is 1.60. The molecule has 0 spiro atoms. The molecule has 110 valence electrons. The number of pyridine rings is 1. The molecule has 0 aliphatic rings. The van der Waals surface area contributed by atoms with E-state index in [-0.39, 0.29) is 11.1 Å². The van der Waals surface area contributed by atoms with E-state index in [4.69, 9.17) is 11.6 Å². The predicted molar refractivity (Wildman–Crippen MR) is 85.4 cm³/mol. The molecule has 0 saturated heterocycles. The molecule has 0 atom stereocenters. The molecule has 1 heterocycles. The maximum Gasteiger partial charge on any atom is 0.263 e. The highest BCUT2D eigenvalue weighted by Crippen LogP contribution is 2.28. The Kier molecular flexibility index (Phi) is 4.33. The van der Waals surface area contributed by atoms with Gasteiger partial charge < -0.3 is 14.8 Å². The second-order valence-electron chi connectivity index (χ2n) is 4.85. The van der Waals surface area contributed by atoms with Gasteiger partial charge >= 0.3 is 0 Å². The minimum atomic E-state index is -0.457. The summed E-state index contributed by atoms with van der Waals surface area (Å²) in [5.41, 5.74) is 1.11. The van der Waals surface area contributed by atoms with E-state index in [0.717, 1.165) is 5.69 Å². The largest absolute Gasteiger partial charge is 0.376 e. The molecule has 0 radical (unpaired) electrons. The van der Waals surface area contributed by atoms with Crippen LogP contribution in [0.25, 0.3) is 0 Å². The van der Waals surface area contributed by atoms with Crippen molar-refractivity contribution in [3.05, 3.63) is 57.5 Å². The quantitative estimate of drug-likeness (QED) is 0.947. The first kappa shape index (κ1) is 15.1. The molecule has 1 N–H and O–H groups in total. The molecule has 2 rings (SSSR count). The van der Waals surface area contributed by atoms with Crippen LogP contribution >= 0.6 is 11.6 Å². The standard InChI is InChI=1S/C15H16ClN3O2/c1-18(2)13-7-6-10(16)9-12(13)17-14(20)11-5-4-8-19(3)15(11)21/h4-9H,1-3H3,(H,17,20). The number of carbonyl (C=O) groups excluding carboxylic acids is 1. The van der Waals surface area contributed by atoms with Crippen molar-refractivity contribution < 1.29 is 4.79 Å². The number of halogens is 1. The van der Waals surface area contributed by atoms with E-state index < -0.39 is 5.91 Å². The van der Waals surface area contributed by atoms with Gasteiger partial charge in [0.05, 0.1) is 11.4 Å². The van der Waals surface area contributed by atoms with Crippen LogP contribution in [0.2, 0.25) is 5.02 Å². The van der Waals surface area contributed by atoms with Gasteiger partial charge in [-0.2, -0.15) is 0 Å². The van der Waals surface area contributed by atoms with E-state index in [2.05, 4.69) is 5.32 Å². The summed E-state index contributed by atoms with van der Waals surface area (Å²) < 4.78 is 1.36. The van der Waals surface area contributed by atoms with Crippen LogP contribution in [-0.2, 0) is 7.05 Å². The minimum absolute atomic E-state index is 0.0877. The molecule has 1 aromatic heterocycles. The van der Waals surface area contributed by atoms with Crippen molar-refractivity contribution in [2.75, 3.05) is 24.3 Å². The molecule has 0 saturated carbocycles. The Balaban J connectivity index is 2.38. The van der Waals surface area contributed by atoms with Crippen molar-refractivity contribution in [1.29, 1.82) is 0 Å². The predicted octanol–water partition coefficient (Wildman–Crippen LogP) is 2.36. The van der Waals surface area contributed by atoms with E-state index >= 15 is 0 Å². The number of nitrogens with zero attached hydrogens (tertiary/aromatic N) is 2. The fraction of sp³-hybridized carbons (Fsp3) is 0.200. The molecule has 0 unspecified atom stereocenters. The normalized spacial score (nSPS) is 10.3. The van der Waals surface area contributed by atoms with E-state index in [9.17, 15) is 9.59 Å². The molecule has 0 fully saturated rings. The number of aryl methyl sites for hydroxylation is 1. The van der Waals surface area contributed by atoms with Gasteiger partial charge in [-0.1, -0.05) is 11.6 Å². The lowest BCUT2D eigenvalue weighted by molar-refractivity contribution is 0.102. The molecule has 5 nitrogen and oxygen atoms in total. The monoisotopic (exact) mass is 305 g/mol. The number of hydrogen-bond donors (Lipinski definition) is 1. The number of rotatable bonds is 3. The number of aromatic nitrogens is 1. The van der Waals surface area contributed by atoms with Gasteiger partial charge in [-0.05, 0) is 30.3 Å². The first-order valence-corrected chi connectivity index (χ1v) is 6.72. The summed E-state index contributed by atoms with van der Waals surface area (Å²) in [6.45, 7) is 0. The number of amides is 1.